The minimum Gasteiger partial charge on any atom is -0.486 e. The van der Waals surface area contributed by atoms with E-state index in [1.165, 1.54) is 10.6 Å². The summed E-state index contributed by atoms with van der Waals surface area (Å²) in [5.41, 5.74) is 0.564. The van der Waals surface area contributed by atoms with E-state index in [4.69, 9.17) is 9.47 Å². The van der Waals surface area contributed by atoms with Crippen LogP contribution in [-0.4, -0.2) is 22.9 Å². The third-order valence-electron chi connectivity index (χ3n) is 3.22. The zero-order valence-electron chi connectivity index (χ0n) is 10.9. The van der Waals surface area contributed by atoms with Crippen molar-refractivity contribution in [3.8, 4) is 11.5 Å². The number of aliphatic hydroxyl groups excluding tert-OH is 1. The number of hydrogen-bond acceptors (Lipinski definition) is 4. The second-order valence-electron chi connectivity index (χ2n) is 4.61. The van der Waals surface area contributed by atoms with Crippen LogP contribution in [0.3, 0.4) is 0 Å². The summed E-state index contributed by atoms with van der Waals surface area (Å²) in [5.74, 6) is 1.32. The fraction of sp³-hybridized carbons (Fsp3) is 0.267. The quantitative estimate of drug-likeness (QED) is 0.917. The zero-order chi connectivity index (χ0) is 13.9. The molecule has 1 aliphatic rings. The van der Waals surface area contributed by atoms with Crippen LogP contribution >= 0.6 is 0 Å². The number of pyridine rings is 1. The lowest BCUT2D eigenvalue weighted by molar-refractivity contribution is 0.150. The molecule has 20 heavy (non-hydrogen) atoms. The van der Waals surface area contributed by atoms with Crippen LogP contribution in [-0.2, 0) is 6.54 Å². The van der Waals surface area contributed by atoms with Gasteiger partial charge in [0.15, 0.2) is 11.5 Å². The van der Waals surface area contributed by atoms with Gasteiger partial charge in [-0.15, -0.1) is 0 Å². The Morgan fingerprint density at radius 1 is 1.15 bits per heavy atom. The van der Waals surface area contributed by atoms with Crippen LogP contribution in [0.5, 0.6) is 11.5 Å². The van der Waals surface area contributed by atoms with E-state index in [1.54, 1.807) is 36.5 Å². The van der Waals surface area contributed by atoms with Crippen LogP contribution in [0.2, 0.25) is 0 Å². The Morgan fingerprint density at radius 3 is 2.75 bits per heavy atom. The molecule has 104 valence electrons. The van der Waals surface area contributed by atoms with Crippen LogP contribution in [0, 0.1) is 0 Å². The monoisotopic (exact) mass is 273 g/mol. The van der Waals surface area contributed by atoms with Gasteiger partial charge in [-0.05, 0) is 23.8 Å². The molecule has 1 aromatic heterocycles. The van der Waals surface area contributed by atoms with Gasteiger partial charge in [-0.25, -0.2) is 0 Å². The van der Waals surface area contributed by atoms with Crippen LogP contribution < -0.4 is 15.0 Å². The Balaban J connectivity index is 1.82. The number of ether oxygens (including phenoxy) is 2. The number of hydrogen-bond donors (Lipinski definition) is 1. The Kier molecular flexibility index (Phi) is 3.43. The zero-order valence-corrected chi connectivity index (χ0v) is 10.9. The van der Waals surface area contributed by atoms with E-state index in [9.17, 15) is 9.90 Å². The first kappa shape index (κ1) is 12.7. The predicted molar refractivity (Wildman–Crippen MR) is 73.1 cm³/mol. The molecule has 2 heterocycles. The summed E-state index contributed by atoms with van der Waals surface area (Å²) in [7, 11) is 0. The van der Waals surface area contributed by atoms with Gasteiger partial charge in [-0.1, -0.05) is 12.1 Å². The van der Waals surface area contributed by atoms with Crippen LogP contribution in [0.15, 0.2) is 47.4 Å². The maximum absolute atomic E-state index is 11.6. The molecule has 2 aromatic rings. The Bertz CT molecular complexity index is 665. The number of nitrogens with zero attached hydrogens (tertiary/aromatic N) is 1. The first-order chi connectivity index (χ1) is 9.74. The van der Waals surface area contributed by atoms with Gasteiger partial charge in [0.05, 0.1) is 12.6 Å². The lowest BCUT2D eigenvalue weighted by Crippen LogP contribution is -2.21. The van der Waals surface area contributed by atoms with Crippen LogP contribution in [0.4, 0.5) is 0 Å². The van der Waals surface area contributed by atoms with E-state index < -0.39 is 6.10 Å². The van der Waals surface area contributed by atoms with Crippen molar-refractivity contribution in [2.24, 2.45) is 0 Å². The SMILES string of the molecule is O=c1ccccn1CC(O)c1ccc2c(c1)OCCO2. The van der Waals surface area contributed by atoms with Crippen LogP contribution in [0.1, 0.15) is 11.7 Å². The molecule has 0 aliphatic carbocycles. The predicted octanol–water partition coefficient (Wildman–Crippen LogP) is 1.35. The minimum atomic E-state index is -0.772. The molecule has 5 nitrogen and oxygen atoms in total. The molecular formula is C15H15NO4. The van der Waals surface area contributed by atoms with E-state index in [2.05, 4.69) is 0 Å². The van der Waals surface area contributed by atoms with E-state index in [0.29, 0.717) is 30.3 Å². The summed E-state index contributed by atoms with van der Waals surface area (Å²) in [6, 6.07) is 10.2. The lowest BCUT2D eigenvalue weighted by atomic mass is 10.1. The molecule has 3 rings (SSSR count). The molecule has 0 radical (unpaired) electrons. The summed E-state index contributed by atoms with van der Waals surface area (Å²) in [6.45, 7) is 1.25. The first-order valence-corrected chi connectivity index (χ1v) is 6.47. The maximum Gasteiger partial charge on any atom is 0.250 e. The highest BCUT2D eigenvalue weighted by molar-refractivity contribution is 5.44. The molecule has 1 aromatic carbocycles. The van der Waals surface area contributed by atoms with Crippen LogP contribution in [0.25, 0.3) is 0 Å². The molecule has 1 atom stereocenters. The Labute approximate surface area is 116 Å². The number of aromatic nitrogens is 1. The molecule has 0 fully saturated rings. The van der Waals surface area contributed by atoms with Gasteiger partial charge in [0.1, 0.15) is 13.2 Å². The number of aliphatic hydroxyl groups is 1. The Hall–Kier alpha value is -2.27. The molecule has 0 saturated carbocycles. The summed E-state index contributed by atoms with van der Waals surface area (Å²) in [5, 5.41) is 10.2. The molecule has 0 saturated heterocycles. The summed E-state index contributed by atoms with van der Waals surface area (Å²) >= 11 is 0. The normalized spacial score (nSPS) is 14.8. The number of benzene rings is 1. The summed E-state index contributed by atoms with van der Waals surface area (Å²) < 4.78 is 12.4. The molecular weight excluding hydrogens is 258 g/mol. The van der Waals surface area contributed by atoms with Crippen molar-refractivity contribution in [3.05, 3.63) is 58.5 Å². The van der Waals surface area contributed by atoms with Gasteiger partial charge in [-0.2, -0.15) is 0 Å². The van der Waals surface area contributed by atoms with Crippen molar-refractivity contribution in [3.63, 3.8) is 0 Å². The highest BCUT2D eigenvalue weighted by Crippen LogP contribution is 2.32. The standard InChI is InChI=1S/C15H15NO4/c17-12(10-16-6-2-1-3-15(16)18)11-4-5-13-14(9-11)20-8-7-19-13/h1-6,9,12,17H,7-8,10H2. The van der Waals surface area contributed by atoms with E-state index >= 15 is 0 Å². The molecule has 1 unspecified atom stereocenters. The fourth-order valence-electron chi connectivity index (χ4n) is 2.17. The van der Waals surface area contributed by atoms with Gasteiger partial charge < -0.3 is 19.1 Å². The smallest absolute Gasteiger partial charge is 0.250 e. The highest BCUT2D eigenvalue weighted by Gasteiger charge is 2.15. The highest BCUT2D eigenvalue weighted by atomic mass is 16.6. The average Bonchev–Trinajstić information content (AvgIpc) is 2.49. The maximum atomic E-state index is 11.6. The van der Waals surface area contributed by atoms with Crippen molar-refractivity contribution in [2.75, 3.05) is 13.2 Å². The van der Waals surface area contributed by atoms with Crippen molar-refractivity contribution < 1.29 is 14.6 Å². The molecule has 0 amide bonds. The molecule has 1 N–H and O–H groups in total. The molecule has 0 spiro atoms. The van der Waals surface area contributed by atoms with Gasteiger partial charge in [0, 0.05) is 12.3 Å². The van der Waals surface area contributed by atoms with Gasteiger partial charge in [0.2, 0.25) is 0 Å². The topological polar surface area (TPSA) is 60.7 Å². The second kappa shape index (κ2) is 5.38. The first-order valence-electron chi connectivity index (χ1n) is 6.47. The van der Waals surface area contributed by atoms with Crippen molar-refractivity contribution >= 4 is 0 Å². The second-order valence-corrected chi connectivity index (χ2v) is 4.61. The van der Waals surface area contributed by atoms with Crippen molar-refractivity contribution in [1.82, 2.24) is 4.57 Å². The molecule has 1 aliphatic heterocycles. The van der Waals surface area contributed by atoms with Gasteiger partial charge in [0.25, 0.3) is 5.56 Å². The average molecular weight is 273 g/mol. The van der Waals surface area contributed by atoms with Gasteiger partial charge >= 0.3 is 0 Å². The number of fused-ring (bicyclic) bond motifs is 1. The van der Waals surface area contributed by atoms with E-state index in [-0.39, 0.29) is 12.1 Å². The minimum absolute atomic E-state index is 0.135. The summed E-state index contributed by atoms with van der Waals surface area (Å²) in [4.78, 5) is 11.6. The third-order valence-corrected chi connectivity index (χ3v) is 3.22. The van der Waals surface area contributed by atoms with Crippen molar-refractivity contribution in [2.45, 2.75) is 12.6 Å². The molecule has 5 heteroatoms. The largest absolute Gasteiger partial charge is 0.486 e. The molecule has 0 bridgehead atoms. The summed E-state index contributed by atoms with van der Waals surface area (Å²) in [6.07, 6.45) is 0.884. The lowest BCUT2D eigenvalue weighted by Gasteiger charge is -2.20. The number of rotatable bonds is 3. The van der Waals surface area contributed by atoms with E-state index in [0.717, 1.165) is 0 Å². The Morgan fingerprint density at radius 2 is 1.95 bits per heavy atom. The van der Waals surface area contributed by atoms with Gasteiger partial charge in [-0.3, -0.25) is 4.79 Å². The fourth-order valence-corrected chi connectivity index (χ4v) is 2.17. The third kappa shape index (κ3) is 2.53. The van der Waals surface area contributed by atoms with Crippen molar-refractivity contribution in [1.29, 1.82) is 0 Å². The van der Waals surface area contributed by atoms with E-state index in [1.807, 2.05) is 0 Å².